The molecule has 1 heterocycles. The number of benzene rings is 1. The minimum absolute atomic E-state index is 0.0496. The van der Waals surface area contributed by atoms with E-state index in [2.05, 4.69) is 10.3 Å². The van der Waals surface area contributed by atoms with E-state index in [1.54, 1.807) is 36.5 Å². The van der Waals surface area contributed by atoms with Crippen LogP contribution in [0.15, 0.2) is 42.6 Å². The van der Waals surface area contributed by atoms with Gasteiger partial charge in [-0.2, -0.15) is 0 Å². The van der Waals surface area contributed by atoms with Crippen molar-refractivity contribution in [3.8, 4) is 5.88 Å². The number of halogens is 1. The van der Waals surface area contributed by atoms with Crippen LogP contribution in [0.5, 0.6) is 5.88 Å². The van der Waals surface area contributed by atoms with Gasteiger partial charge in [-0.25, -0.2) is 9.37 Å². The maximum atomic E-state index is 13.6. The molecule has 0 amide bonds. The molecule has 1 aromatic carbocycles. The average Bonchev–Trinajstić information content (AvgIpc) is 2.47. The van der Waals surface area contributed by atoms with Crippen LogP contribution >= 0.6 is 0 Å². The zero-order valence-electron chi connectivity index (χ0n) is 11.2. The Labute approximate surface area is 117 Å². The number of nitrogens with one attached hydrogen (secondary N) is 1. The van der Waals surface area contributed by atoms with Crippen LogP contribution in [0.3, 0.4) is 0 Å². The lowest BCUT2D eigenvalue weighted by atomic mass is 10.1. The summed E-state index contributed by atoms with van der Waals surface area (Å²) in [7, 11) is 0. The summed E-state index contributed by atoms with van der Waals surface area (Å²) in [6.45, 7) is 2.05. The second kappa shape index (κ2) is 6.86. The number of hydrogen-bond donors (Lipinski definition) is 2. The highest BCUT2D eigenvalue weighted by atomic mass is 19.1. The summed E-state index contributed by atoms with van der Waals surface area (Å²) in [4.78, 5) is 4.10. The average molecular weight is 276 g/mol. The van der Waals surface area contributed by atoms with Gasteiger partial charge in [-0.05, 0) is 19.1 Å². The smallest absolute Gasteiger partial charge is 0.213 e. The lowest BCUT2D eigenvalue weighted by Gasteiger charge is -2.16. The number of anilines is 1. The summed E-state index contributed by atoms with van der Waals surface area (Å²) in [5, 5.41) is 11.8. The molecule has 106 valence electrons. The Morgan fingerprint density at radius 3 is 2.75 bits per heavy atom. The third-order valence-corrected chi connectivity index (χ3v) is 2.83. The van der Waals surface area contributed by atoms with Crippen molar-refractivity contribution in [3.05, 3.63) is 54.0 Å². The Balaban J connectivity index is 2.01. The summed E-state index contributed by atoms with van der Waals surface area (Å²) in [6, 6.07) is 10.0. The first-order valence-electron chi connectivity index (χ1n) is 6.41. The monoisotopic (exact) mass is 276 g/mol. The number of nitrogens with zero attached hydrogens (tertiary/aromatic N) is 1. The number of ether oxygens (including phenoxy) is 1. The fourth-order valence-electron chi connectivity index (χ4n) is 1.86. The Kier molecular flexibility index (Phi) is 4.90. The van der Waals surface area contributed by atoms with Crippen molar-refractivity contribution in [1.29, 1.82) is 0 Å². The number of hydrogen-bond acceptors (Lipinski definition) is 4. The molecular weight excluding hydrogens is 259 g/mol. The second-order valence-electron chi connectivity index (χ2n) is 4.34. The molecule has 1 aromatic heterocycles. The molecule has 0 radical (unpaired) electrons. The van der Waals surface area contributed by atoms with Crippen LogP contribution in [0, 0.1) is 5.82 Å². The summed E-state index contributed by atoms with van der Waals surface area (Å²) in [5.74, 6) is 0.214. The van der Waals surface area contributed by atoms with E-state index in [0.29, 0.717) is 11.4 Å². The van der Waals surface area contributed by atoms with Crippen LogP contribution in [0.1, 0.15) is 18.5 Å². The number of pyridine rings is 1. The van der Waals surface area contributed by atoms with E-state index in [9.17, 15) is 4.39 Å². The van der Waals surface area contributed by atoms with Crippen molar-refractivity contribution in [2.75, 3.05) is 18.5 Å². The molecule has 2 N–H and O–H groups in total. The lowest BCUT2D eigenvalue weighted by Crippen LogP contribution is -2.09. The molecule has 0 saturated heterocycles. The summed E-state index contributed by atoms with van der Waals surface area (Å²) < 4.78 is 18.8. The molecule has 4 nitrogen and oxygen atoms in total. The Bertz CT molecular complexity index is 546. The van der Waals surface area contributed by atoms with E-state index in [4.69, 9.17) is 9.84 Å². The molecular formula is C15H17FN2O2. The Morgan fingerprint density at radius 1 is 1.30 bits per heavy atom. The zero-order chi connectivity index (χ0) is 14.4. The predicted octanol–water partition coefficient (Wildman–Crippen LogP) is 2.76. The topological polar surface area (TPSA) is 54.4 Å². The molecule has 0 aliphatic heterocycles. The summed E-state index contributed by atoms with van der Waals surface area (Å²) >= 11 is 0. The molecule has 0 unspecified atom stereocenters. The molecule has 0 aliphatic rings. The van der Waals surface area contributed by atoms with Gasteiger partial charge < -0.3 is 15.2 Å². The van der Waals surface area contributed by atoms with Gasteiger partial charge in [-0.15, -0.1) is 0 Å². The highest BCUT2D eigenvalue weighted by molar-refractivity contribution is 5.44. The first-order valence-corrected chi connectivity index (χ1v) is 6.41. The minimum Gasteiger partial charge on any atom is -0.475 e. The van der Waals surface area contributed by atoms with Gasteiger partial charge in [0.15, 0.2) is 0 Å². The zero-order valence-corrected chi connectivity index (χ0v) is 11.2. The van der Waals surface area contributed by atoms with E-state index >= 15 is 0 Å². The van der Waals surface area contributed by atoms with Crippen molar-refractivity contribution >= 4 is 5.69 Å². The van der Waals surface area contributed by atoms with E-state index in [-0.39, 0.29) is 25.1 Å². The minimum atomic E-state index is -0.233. The highest BCUT2D eigenvalue weighted by Gasteiger charge is 2.10. The second-order valence-corrected chi connectivity index (χ2v) is 4.34. The first kappa shape index (κ1) is 14.3. The SMILES string of the molecule is C[C@@H](Nc1ccc(OCCO)nc1)c1ccccc1F. The van der Waals surface area contributed by atoms with E-state index in [1.807, 2.05) is 6.92 Å². The van der Waals surface area contributed by atoms with Crippen molar-refractivity contribution in [3.63, 3.8) is 0 Å². The first-order chi connectivity index (χ1) is 9.70. The van der Waals surface area contributed by atoms with Gasteiger partial charge in [0, 0.05) is 11.6 Å². The number of aromatic nitrogens is 1. The van der Waals surface area contributed by atoms with Crippen LogP contribution < -0.4 is 10.1 Å². The highest BCUT2D eigenvalue weighted by Crippen LogP contribution is 2.21. The maximum absolute atomic E-state index is 13.6. The van der Waals surface area contributed by atoms with Crippen LogP contribution in [0.25, 0.3) is 0 Å². The molecule has 2 aromatic rings. The van der Waals surface area contributed by atoms with Crippen LogP contribution in [0.4, 0.5) is 10.1 Å². The van der Waals surface area contributed by atoms with Crippen molar-refractivity contribution in [2.45, 2.75) is 13.0 Å². The molecule has 0 spiro atoms. The van der Waals surface area contributed by atoms with Gasteiger partial charge in [-0.1, -0.05) is 18.2 Å². The van der Waals surface area contributed by atoms with Gasteiger partial charge in [-0.3, -0.25) is 0 Å². The lowest BCUT2D eigenvalue weighted by molar-refractivity contribution is 0.196. The molecule has 2 rings (SSSR count). The van der Waals surface area contributed by atoms with Gasteiger partial charge in [0.2, 0.25) is 5.88 Å². The van der Waals surface area contributed by atoms with Gasteiger partial charge in [0.25, 0.3) is 0 Å². The molecule has 0 saturated carbocycles. The van der Waals surface area contributed by atoms with E-state index < -0.39 is 0 Å². The predicted molar refractivity (Wildman–Crippen MR) is 75.3 cm³/mol. The van der Waals surface area contributed by atoms with Gasteiger partial charge in [0.05, 0.1) is 24.5 Å². The van der Waals surface area contributed by atoms with Crippen molar-refractivity contribution in [1.82, 2.24) is 4.98 Å². The third-order valence-electron chi connectivity index (χ3n) is 2.83. The number of aliphatic hydroxyl groups is 1. The summed E-state index contributed by atoms with van der Waals surface area (Å²) in [6.07, 6.45) is 1.62. The quantitative estimate of drug-likeness (QED) is 0.852. The van der Waals surface area contributed by atoms with Crippen LogP contribution in [0.2, 0.25) is 0 Å². The number of rotatable bonds is 6. The molecule has 5 heteroatoms. The summed E-state index contributed by atoms with van der Waals surface area (Å²) in [5.41, 5.74) is 1.38. The largest absolute Gasteiger partial charge is 0.475 e. The van der Waals surface area contributed by atoms with Crippen LogP contribution in [-0.2, 0) is 0 Å². The van der Waals surface area contributed by atoms with Gasteiger partial charge >= 0.3 is 0 Å². The normalized spacial score (nSPS) is 11.9. The molecule has 0 fully saturated rings. The van der Waals surface area contributed by atoms with Crippen molar-refractivity contribution in [2.24, 2.45) is 0 Å². The maximum Gasteiger partial charge on any atom is 0.213 e. The fourth-order valence-corrected chi connectivity index (χ4v) is 1.86. The van der Waals surface area contributed by atoms with Crippen LogP contribution in [-0.4, -0.2) is 23.3 Å². The fraction of sp³-hybridized carbons (Fsp3) is 0.267. The Morgan fingerprint density at radius 2 is 2.10 bits per heavy atom. The standard InChI is InChI=1S/C15H17FN2O2/c1-11(13-4-2-3-5-14(13)16)18-12-6-7-15(17-10-12)20-9-8-19/h2-7,10-11,18-19H,8-9H2,1H3/t11-/m1/s1. The van der Waals surface area contributed by atoms with E-state index in [0.717, 1.165) is 5.69 Å². The molecule has 1 atom stereocenters. The Hall–Kier alpha value is -2.14. The number of aliphatic hydroxyl groups excluding tert-OH is 1. The molecule has 0 aliphatic carbocycles. The molecule has 0 bridgehead atoms. The van der Waals surface area contributed by atoms with E-state index in [1.165, 1.54) is 6.07 Å². The van der Waals surface area contributed by atoms with Gasteiger partial charge in [0.1, 0.15) is 12.4 Å². The van der Waals surface area contributed by atoms with Crippen molar-refractivity contribution < 1.29 is 14.2 Å². The molecule has 20 heavy (non-hydrogen) atoms. The third kappa shape index (κ3) is 3.68.